The van der Waals surface area contributed by atoms with Crippen molar-refractivity contribution in [2.75, 3.05) is 13.7 Å². The van der Waals surface area contributed by atoms with Crippen LogP contribution >= 0.6 is 0 Å². The smallest absolute Gasteiger partial charge is 0.231 e. The summed E-state index contributed by atoms with van der Waals surface area (Å²) >= 11 is 0. The molecule has 1 saturated carbocycles. The minimum Gasteiger partial charge on any atom is -0.367 e. The topological polar surface area (TPSA) is 60.2 Å². The van der Waals surface area contributed by atoms with Crippen molar-refractivity contribution in [3.63, 3.8) is 0 Å². The molecule has 1 N–H and O–H groups in total. The zero-order chi connectivity index (χ0) is 15.3. The van der Waals surface area contributed by atoms with Gasteiger partial charge in [0.15, 0.2) is 0 Å². The van der Waals surface area contributed by atoms with Crippen LogP contribution in [0.3, 0.4) is 0 Å². The van der Waals surface area contributed by atoms with E-state index in [1.807, 2.05) is 20.9 Å². The van der Waals surface area contributed by atoms with E-state index in [4.69, 9.17) is 14.2 Å². The second kappa shape index (κ2) is 7.36. The lowest BCUT2D eigenvalue weighted by Gasteiger charge is -2.24. The predicted octanol–water partition coefficient (Wildman–Crippen LogP) is 3.37. The fourth-order valence-corrected chi connectivity index (χ4v) is 3.19. The van der Waals surface area contributed by atoms with Crippen molar-refractivity contribution < 1.29 is 9.26 Å². The maximum atomic E-state index is 5.84. The van der Waals surface area contributed by atoms with E-state index in [0.29, 0.717) is 24.4 Å². The molecular weight excluding hydrogens is 266 g/mol. The molecule has 5 heteroatoms. The molecule has 120 valence electrons. The van der Waals surface area contributed by atoms with Crippen LogP contribution in [0, 0.1) is 0 Å². The molecule has 0 radical (unpaired) electrons. The van der Waals surface area contributed by atoms with E-state index in [-0.39, 0.29) is 0 Å². The number of ether oxygens (including phenoxy) is 1. The zero-order valence-corrected chi connectivity index (χ0v) is 13.8. The maximum Gasteiger partial charge on any atom is 0.231 e. The summed E-state index contributed by atoms with van der Waals surface area (Å²) in [6, 6.07) is 0.431. The van der Waals surface area contributed by atoms with E-state index in [0.717, 1.165) is 18.7 Å². The third-order valence-electron chi connectivity index (χ3n) is 4.76. The van der Waals surface area contributed by atoms with Gasteiger partial charge in [-0.1, -0.05) is 31.3 Å². The number of aromatic nitrogens is 2. The molecule has 5 nitrogen and oxygen atoms in total. The summed E-state index contributed by atoms with van der Waals surface area (Å²) in [5, 5.41) is 7.63. The molecule has 3 atom stereocenters. The number of nitrogens with one attached hydrogen (secondary N) is 1. The van der Waals surface area contributed by atoms with Crippen molar-refractivity contribution in [3.05, 3.63) is 11.7 Å². The Kier molecular flexibility index (Phi) is 5.76. The highest BCUT2D eigenvalue weighted by atomic mass is 16.5. The molecule has 1 aliphatic rings. The molecule has 1 aromatic rings. The Labute approximate surface area is 127 Å². The quantitative estimate of drug-likeness (QED) is 0.815. The lowest BCUT2D eigenvalue weighted by molar-refractivity contribution is -0.0403. The summed E-state index contributed by atoms with van der Waals surface area (Å²) < 4.78 is 11.4. The van der Waals surface area contributed by atoms with Gasteiger partial charge >= 0.3 is 0 Å². The summed E-state index contributed by atoms with van der Waals surface area (Å²) in [6.45, 7) is 6.77. The molecule has 1 heterocycles. The highest BCUT2D eigenvalue weighted by Gasteiger charge is 2.34. The molecule has 1 aliphatic carbocycles. The normalized spacial score (nSPS) is 26.3. The lowest BCUT2D eigenvalue weighted by Crippen LogP contribution is -2.31. The average molecular weight is 295 g/mol. The first kappa shape index (κ1) is 16.4. The van der Waals surface area contributed by atoms with E-state index >= 15 is 0 Å². The van der Waals surface area contributed by atoms with E-state index in [1.165, 1.54) is 25.7 Å². The van der Waals surface area contributed by atoms with Gasteiger partial charge in [-0.3, -0.25) is 0 Å². The molecule has 1 aromatic heterocycles. The van der Waals surface area contributed by atoms with Gasteiger partial charge in [-0.15, -0.1) is 0 Å². The number of nitrogens with zero attached hydrogens (tertiary/aromatic N) is 2. The average Bonchev–Trinajstić information content (AvgIpc) is 2.87. The van der Waals surface area contributed by atoms with Gasteiger partial charge in [0.05, 0.1) is 5.92 Å². The van der Waals surface area contributed by atoms with Crippen LogP contribution in [0.25, 0.3) is 0 Å². The largest absolute Gasteiger partial charge is 0.367 e. The van der Waals surface area contributed by atoms with Gasteiger partial charge in [-0.2, -0.15) is 4.98 Å². The van der Waals surface area contributed by atoms with Crippen LogP contribution in [0.4, 0.5) is 0 Å². The molecule has 3 unspecified atom stereocenters. The minimum absolute atomic E-state index is 0.321. The van der Waals surface area contributed by atoms with Gasteiger partial charge in [0.25, 0.3) is 0 Å². The van der Waals surface area contributed by atoms with Crippen LogP contribution in [0.5, 0.6) is 0 Å². The van der Waals surface area contributed by atoms with Gasteiger partial charge in [0, 0.05) is 12.6 Å². The van der Waals surface area contributed by atoms with Gasteiger partial charge in [0.1, 0.15) is 5.60 Å². The molecule has 0 bridgehead atoms. The number of hydrogen-bond acceptors (Lipinski definition) is 5. The van der Waals surface area contributed by atoms with Crippen molar-refractivity contribution >= 4 is 0 Å². The fraction of sp³-hybridized carbons (Fsp3) is 0.875. The van der Waals surface area contributed by atoms with E-state index in [1.54, 1.807) is 0 Å². The van der Waals surface area contributed by atoms with Crippen molar-refractivity contribution in [1.29, 1.82) is 0 Å². The van der Waals surface area contributed by atoms with E-state index < -0.39 is 5.60 Å². The van der Waals surface area contributed by atoms with Crippen LogP contribution in [0.2, 0.25) is 0 Å². The first-order valence-electron chi connectivity index (χ1n) is 8.30. The third kappa shape index (κ3) is 3.64. The van der Waals surface area contributed by atoms with Crippen LogP contribution in [-0.2, 0) is 10.3 Å². The number of rotatable bonds is 6. The molecular formula is C16H29N3O2. The standard InChI is InChI=1S/C16H29N3O2/c1-5-16(3,20-6-2)15-18-14(21-19-15)12-10-8-7-9-11-13(12)17-4/h12-13,17H,5-11H2,1-4H3. The third-order valence-corrected chi connectivity index (χ3v) is 4.76. The minimum atomic E-state index is -0.448. The molecule has 1 fully saturated rings. The van der Waals surface area contributed by atoms with Gasteiger partial charge in [-0.25, -0.2) is 0 Å². The van der Waals surface area contributed by atoms with Gasteiger partial charge < -0.3 is 14.6 Å². The maximum absolute atomic E-state index is 5.84. The molecule has 2 rings (SSSR count). The Morgan fingerprint density at radius 2 is 2.05 bits per heavy atom. The Balaban J connectivity index is 2.21. The van der Waals surface area contributed by atoms with E-state index in [9.17, 15) is 0 Å². The predicted molar refractivity (Wildman–Crippen MR) is 82.2 cm³/mol. The summed E-state index contributed by atoms with van der Waals surface area (Å²) in [5.74, 6) is 1.77. The summed E-state index contributed by atoms with van der Waals surface area (Å²) in [6.07, 6.45) is 6.92. The molecule has 0 amide bonds. The van der Waals surface area contributed by atoms with Crippen LogP contribution in [-0.4, -0.2) is 29.8 Å². The monoisotopic (exact) mass is 295 g/mol. The highest BCUT2D eigenvalue weighted by Crippen LogP contribution is 2.33. The second-order valence-corrected chi connectivity index (χ2v) is 6.11. The Hall–Kier alpha value is -0.940. The first-order valence-corrected chi connectivity index (χ1v) is 8.30. The van der Waals surface area contributed by atoms with Gasteiger partial charge in [-0.05, 0) is 40.2 Å². The Morgan fingerprint density at radius 3 is 2.71 bits per heavy atom. The number of hydrogen-bond donors (Lipinski definition) is 1. The van der Waals surface area contributed by atoms with Crippen LogP contribution in [0.15, 0.2) is 4.52 Å². The zero-order valence-electron chi connectivity index (χ0n) is 13.8. The van der Waals surface area contributed by atoms with Crippen molar-refractivity contribution in [2.24, 2.45) is 0 Å². The van der Waals surface area contributed by atoms with Crippen LogP contribution in [0.1, 0.15) is 76.9 Å². The summed E-state index contributed by atoms with van der Waals surface area (Å²) in [7, 11) is 2.02. The van der Waals surface area contributed by atoms with Crippen molar-refractivity contribution in [3.8, 4) is 0 Å². The van der Waals surface area contributed by atoms with Crippen molar-refractivity contribution in [2.45, 2.75) is 76.9 Å². The molecule has 0 saturated heterocycles. The second-order valence-electron chi connectivity index (χ2n) is 6.11. The molecule has 0 spiro atoms. The summed E-state index contributed by atoms with van der Waals surface area (Å²) in [5.41, 5.74) is -0.448. The summed E-state index contributed by atoms with van der Waals surface area (Å²) in [4.78, 5) is 4.69. The highest BCUT2D eigenvalue weighted by molar-refractivity contribution is 5.05. The van der Waals surface area contributed by atoms with Gasteiger partial charge in [0.2, 0.25) is 11.7 Å². The Bertz CT molecular complexity index is 435. The molecule has 0 aliphatic heterocycles. The Morgan fingerprint density at radius 1 is 1.29 bits per heavy atom. The first-order chi connectivity index (χ1) is 10.1. The molecule has 21 heavy (non-hydrogen) atoms. The number of likely N-dealkylation sites (N-methyl/N-ethyl adjacent to an activating group) is 1. The lowest BCUT2D eigenvalue weighted by atomic mass is 9.94. The SMILES string of the molecule is CCOC(C)(CC)c1noc(C2CCCCCC2NC)n1. The molecule has 0 aromatic carbocycles. The van der Waals surface area contributed by atoms with Crippen LogP contribution < -0.4 is 5.32 Å². The van der Waals surface area contributed by atoms with E-state index in [2.05, 4.69) is 17.4 Å². The van der Waals surface area contributed by atoms with Crippen molar-refractivity contribution in [1.82, 2.24) is 15.5 Å². The fourth-order valence-electron chi connectivity index (χ4n) is 3.19.